The molecule has 1 heterocycles. The molecule has 5 nitrogen and oxygen atoms in total. The largest absolute Gasteiger partial charge is 0.486 e. The van der Waals surface area contributed by atoms with Crippen molar-refractivity contribution in [3.8, 4) is 11.5 Å². The second-order valence-electron chi connectivity index (χ2n) is 4.94. The first kappa shape index (κ1) is 13.5. The number of amides is 2. The lowest BCUT2D eigenvalue weighted by Gasteiger charge is -2.22. The Bertz CT molecular complexity index is 460. The van der Waals surface area contributed by atoms with Crippen molar-refractivity contribution in [2.45, 2.75) is 26.4 Å². The second-order valence-corrected chi connectivity index (χ2v) is 4.94. The summed E-state index contributed by atoms with van der Waals surface area (Å²) in [4.78, 5) is 13.4. The summed E-state index contributed by atoms with van der Waals surface area (Å²) in [6, 6.07) is 5.82. The molecule has 2 rings (SSSR count). The number of hydrogen-bond acceptors (Lipinski definition) is 3. The summed E-state index contributed by atoms with van der Waals surface area (Å²) in [5.74, 6) is 1.52. The van der Waals surface area contributed by atoms with Gasteiger partial charge in [0.15, 0.2) is 11.5 Å². The molecule has 0 spiro atoms. The molecule has 0 fully saturated rings. The molecule has 0 saturated carbocycles. The third kappa shape index (κ3) is 3.53. The minimum Gasteiger partial charge on any atom is -0.486 e. The van der Waals surface area contributed by atoms with Crippen molar-refractivity contribution in [3.05, 3.63) is 23.8 Å². The zero-order valence-electron chi connectivity index (χ0n) is 11.6. The van der Waals surface area contributed by atoms with Gasteiger partial charge in [0, 0.05) is 19.6 Å². The molecular weight excluding hydrogens is 244 g/mol. The number of benzene rings is 1. The van der Waals surface area contributed by atoms with Gasteiger partial charge in [0.2, 0.25) is 0 Å². The molecule has 0 atom stereocenters. The normalized spacial score (nSPS) is 13.3. The van der Waals surface area contributed by atoms with E-state index in [9.17, 15) is 4.79 Å². The van der Waals surface area contributed by atoms with Crippen molar-refractivity contribution in [3.63, 3.8) is 0 Å². The molecule has 104 valence electrons. The van der Waals surface area contributed by atoms with Gasteiger partial charge in [-0.2, -0.15) is 0 Å². The van der Waals surface area contributed by atoms with Crippen LogP contribution in [0.1, 0.15) is 19.4 Å². The lowest BCUT2D eigenvalue weighted by atomic mass is 10.2. The molecule has 0 aromatic heterocycles. The van der Waals surface area contributed by atoms with Crippen molar-refractivity contribution in [1.29, 1.82) is 0 Å². The third-order valence-electron chi connectivity index (χ3n) is 2.79. The van der Waals surface area contributed by atoms with Crippen molar-refractivity contribution in [1.82, 2.24) is 10.2 Å². The molecule has 1 aliphatic rings. The molecule has 1 N–H and O–H groups in total. The van der Waals surface area contributed by atoms with Crippen LogP contribution < -0.4 is 14.8 Å². The molecule has 0 bridgehead atoms. The van der Waals surface area contributed by atoms with E-state index in [0.717, 1.165) is 17.1 Å². The highest BCUT2D eigenvalue weighted by molar-refractivity contribution is 5.74. The number of ether oxygens (including phenoxy) is 2. The number of carbonyl (C=O) groups is 1. The highest BCUT2D eigenvalue weighted by atomic mass is 16.6. The first-order valence-electron chi connectivity index (χ1n) is 6.46. The maximum Gasteiger partial charge on any atom is 0.317 e. The van der Waals surface area contributed by atoms with Crippen LogP contribution in [0.25, 0.3) is 0 Å². The van der Waals surface area contributed by atoms with Crippen LogP contribution >= 0.6 is 0 Å². The topological polar surface area (TPSA) is 50.8 Å². The van der Waals surface area contributed by atoms with Gasteiger partial charge in [0.05, 0.1) is 0 Å². The molecule has 2 amide bonds. The van der Waals surface area contributed by atoms with Crippen LogP contribution in [-0.2, 0) is 6.54 Å². The van der Waals surface area contributed by atoms with Crippen molar-refractivity contribution in [2.24, 2.45) is 0 Å². The summed E-state index contributed by atoms with van der Waals surface area (Å²) in [6.45, 7) is 5.57. The van der Waals surface area contributed by atoms with Gasteiger partial charge < -0.3 is 19.7 Å². The zero-order valence-corrected chi connectivity index (χ0v) is 11.6. The van der Waals surface area contributed by atoms with Gasteiger partial charge in [-0.1, -0.05) is 6.07 Å². The van der Waals surface area contributed by atoms with Gasteiger partial charge in [-0.3, -0.25) is 0 Å². The number of urea groups is 1. The zero-order chi connectivity index (χ0) is 13.8. The fourth-order valence-electron chi connectivity index (χ4n) is 1.89. The Morgan fingerprint density at radius 3 is 2.68 bits per heavy atom. The lowest BCUT2D eigenvalue weighted by molar-refractivity contribution is 0.171. The SMILES string of the molecule is CC(C)NC(=O)N(C)Cc1ccc2c(c1)OCCO2. The van der Waals surface area contributed by atoms with E-state index in [2.05, 4.69) is 5.32 Å². The van der Waals surface area contributed by atoms with E-state index in [1.165, 1.54) is 0 Å². The van der Waals surface area contributed by atoms with Crippen molar-refractivity contribution < 1.29 is 14.3 Å². The van der Waals surface area contributed by atoms with Crippen LogP contribution in [-0.4, -0.2) is 37.2 Å². The summed E-state index contributed by atoms with van der Waals surface area (Å²) in [7, 11) is 1.77. The van der Waals surface area contributed by atoms with Gasteiger partial charge in [0.25, 0.3) is 0 Å². The molecule has 1 aromatic rings. The molecule has 5 heteroatoms. The van der Waals surface area contributed by atoms with E-state index in [1.807, 2.05) is 32.0 Å². The number of carbonyl (C=O) groups excluding carboxylic acids is 1. The average Bonchev–Trinajstić information content (AvgIpc) is 2.37. The average molecular weight is 264 g/mol. The van der Waals surface area contributed by atoms with E-state index in [4.69, 9.17) is 9.47 Å². The maximum atomic E-state index is 11.8. The monoisotopic (exact) mass is 264 g/mol. The lowest BCUT2D eigenvalue weighted by Crippen LogP contribution is -2.40. The Balaban J connectivity index is 2.01. The van der Waals surface area contributed by atoms with Crippen LogP contribution in [0, 0.1) is 0 Å². The highest BCUT2D eigenvalue weighted by Crippen LogP contribution is 2.30. The van der Waals surface area contributed by atoms with Crippen LogP contribution in [0.2, 0.25) is 0 Å². The standard InChI is InChI=1S/C14H20N2O3/c1-10(2)15-14(17)16(3)9-11-4-5-12-13(8-11)19-7-6-18-12/h4-5,8,10H,6-7,9H2,1-3H3,(H,15,17). The molecule has 1 aromatic carbocycles. The Morgan fingerprint density at radius 2 is 2.00 bits per heavy atom. The fraction of sp³-hybridized carbons (Fsp3) is 0.500. The van der Waals surface area contributed by atoms with E-state index in [-0.39, 0.29) is 12.1 Å². The van der Waals surface area contributed by atoms with E-state index in [0.29, 0.717) is 19.8 Å². The predicted molar refractivity (Wildman–Crippen MR) is 72.6 cm³/mol. The molecule has 0 aliphatic carbocycles. The van der Waals surface area contributed by atoms with Crippen molar-refractivity contribution >= 4 is 6.03 Å². The van der Waals surface area contributed by atoms with Crippen LogP contribution in [0.3, 0.4) is 0 Å². The Hall–Kier alpha value is -1.91. The number of fused-ring (bicyclic) bond motifs is 1. The van der Waals surface area contributed by atoms with Gasteiger partial charge in [-0.15, -0.1) is 0 Å². The quantitative estimate of drug-likeness (QED) is 0.908. The number of nitrogens with one attached hydrogen (secondary N) is 1. The second kappa shape index (κ2) is 5.82. The Labute approximate surface area is 113 Å². The Morgan fingerprint density at radius 1 is 1.32 bits per heavy atom. The molecule has 19 heavy (non-hydrogen) atoms. The van der Waals surface area contributed by atoms with Crippen LogP contribution in [0.4, 0.5) is 4.79 Å². The minimum absolute atomic E-state index is 0.0788. The molecule has 0 saturated heterocycles. The van der Waals surface area contributed by atoms with Gasteiger partial charge in [-0.25, -0.2) is 4.79 Å². The summed E-state index contributed by atoms with van der Waals surface area (Å²) >= 11 is 0. The van der Waals surface area contributed by atoms with Gasteiger partial charge >= 0.3 is 6.03 Å². The van der Waals surface area contributed by atoms with Gasteiger partial charge in [-0.05, 0) is 31.5 Å². The molecule has 0 radical (unpaired) electrons. The minimum atomic E-state index is -0.0788. The first-order chi connectivity index (χ1) is 9.06. The van der Waals surface area contributed by atoms with Crippen LogP contribution in [0.15, 0.2) is 18.2 Å². The highest BCUT2D eigenvalue weighted by Gasteiger charge is 2.14. The van der Waals surface area contributed by atoms with Gasteiger partial charge in [0.1, 0.15) is 13.2 Å². The summed E-state index contributed by atoms with van der Waals surface area (Å²) in [6.07, 6.45) is 0. The maximum absolute atomic E-state index is 11.8. The van der Waals surface area contributed by atoms with Crippen LogP contribution in [0.5, 0.6) is 11.5 Å². The number of rotatable bonds is 3. The Kier molecular flexibility index (Phi) is 4.14. The number of nitrogens with zero attached hydrogens (tertiary/aromatic N) is 1. The third-order valence-corrected chi connectivity index (χ3v) is 2.79. The molecular formula is C14H20N2O3. The summed E-state index contributed by atoms with van der Waals surface area (Å²) in [5, 5.41) is 2.86. The predicted octanol–water partition coefficient (Wildman–Crippen LogP) is 2.01. The molecule has 1 aliphatic heterocycles. The fourth-order valence-corrected chi connectivity index (χ4v) is 1.89. The first-order valence-corrected chi connectivity index (χ1v) is 6.46. The summed E-state index contributed by atoms with van der Waals surface area (Å²) < 4.78 is 11.0. The van der Waals surface area contributed by atoms with E-state index in [1.54, 1.807) is 11.9 Å². The summed E-state index contributed by atoms with van der Waals surface area (Å²) in [5.41, 5.74) is 1.02. The number of hydrogen-bond donors (Lipinski definition) is 1. The van der Waals surface area contributed by atoms with E-state index < -0.39 is 0 Å². The molecule has 0 unspecified atom stereocenters. The smallest absolute Gasteiger partial charge is 0.317 e. The van der Waals surface area contributed by atoms with Crippen molar-refractivity contribution in [2.75, 3.05) is 20.3 Å². The van der Waals surface area contributed by atoms with E-state index >= 15 is 0 Å².